The van der Waals surface area contributed by atoms with Gasteiger partial charge in [-0.05, 0) is 0 Å². The molecule has 0 amide bonds. The number of nitrogens with zero attached hydrogens (tertiary/aromatic N) is 2. The van der Waals surface area contributed by atoms with Gasteiger partial charge in [-0.2, -0.15) is 13.2 Å². The van der Waals surface area contributed by atoms with Crippen molar-refractivity contribution in [2.24, 2.45) is 0 Å². The lowest BCUT2D eigenvalue weighted by atomic mass is 10.2. The maximum Gasteiger partial charge on any atom is 0.434 e. The molecule has 1 heterocycles. The van der Waals surface area contributed by atoms with E-state index in [1.54, 1.807) is 0 Å². The molecule has 19 heavy (non-hydrogen) atoms. The van der Waals surface area contributed by atoms with Gasteiger partial charge in [0, 0.05) is 25.3 Å². The zero-order valence-corrected chi connectivity index (χ0v) is 10.7. The Morgan fingerprint density at radius 3 is 2.79 bits per heavy atom. The van der Waals surface area contributed by atoms with E-state index in [9.17, 15) is 18.0 Å². The van der Waals surface area contributed by atoms with E-state index in [1.807, 2.05) is 0 Å². The molecule has 1 aromatic rings. The van der Waals surface area contributed by atoms with E-state index in [2.05, 4.69) is 21.8 Å². The maximum atomic E-state index is 12.6. The summed E-state index contributed by atoms with van der Waals surface area (Å²) in [5.74, 6) is 4.87. The Labute approximate surface area is 112 Å². The Morgan fingerprint density at radius 1 is 1.53 bits per heavy atom. The summed E-state index contributed by atoms with van der Waals surface area (Å²) in [6.07, 6.45) is -3.39. The standard InChI is InChI=1S/C11H10F3N3OS/c1-7(18)19-5-3-2-4-8-6-16-10(15)17-9(8)11(12,13)14/h6H,3,5H2,1H3,(H2,15,16,17). The molecule has 8 heteroatoms. The number of hydrogen-bond donors (Lipinski definition) is 1. The lowest BCUT2D eigenvalue weighted by Gasteiger charge is -2.07. The van der Waals surface area contributed by atoms with Crippen molar-refractivity contribution < 1.29 is 18.0 Å². The Bertz CT molecular complexity index is 534. The summed E-state index contributed by atoms with van der Waals surface area (Å²) in [4.78, 5) is 17.3. The molecule has 2 N–H and O–H groups in total. The van der Waals surface area contributed by atoms with Crippen molar-refractivity contribution in [3.8, 4) is 11.8 Å². The van der Waals surface area contributed by atoms with Crippen molar-refractivity contribution in [3.05, 3.63) is 17.5 Å². The number of carbonyl (C=O) groups is 1. The quantitative estimate of drug-likeness (QED) is 0.667. The fraction of sp³-hybridized carbons (Fsp3) is 0.364. The van der Waals surface area contributed by atoms with Crippen LogP contribution in [0.1, 0.15) is 24.6 Å². The second-order valence-corrected chi connectivity index (χ2v) is 4.65. The molecule has 0 aliphatic heterocycles. The zero-order chi connectivity index (χ0) is 14.5. The van der Waals surface area contributed by atoms with Crippen molar-refractivity contribution in [1.82, 2.24) is 9.97 Å². The molecule has 0 unspecified atom stereocenters. The van der Waals surface area contributed by atoms with Gasteiger partial charge in [-0.15, -0.1) is 0 Å². The average Bonchev–Trinajstić information content (AvgIpc) is 2.28. The van der Waals surface area contributed by atoms with Crippen molar-refractivity contribution in [3.63, 3.8) is 0 Å². The predicted octanol–water partition coefficient (Wildman–Crippen LogP) is 2.10. The summed E-state index contributed by atoms with van der Waals surface area (Å²) in [5, 5.41) is -0.0615. The summed E-state index contributed by atoms with van der Waals surface area (Å²) >= 11 is 1.06. The van der Waals surface area contributed by atoms with E-state index in [4.69, 9.17) is 5.73 Å². The number of thioether (sulfide) groups is 1. The summed E-state index contributed by atoms with van der Waals surface area (Å²) in [6, 6.07) is 0. The van der Waals surface area contributed by atoms with Crippen LogP contribution >= 0.6 is 11.8 Å². The lowest BCUT2D eigenvalue weighted by molar-refractivity contribution is -0.141. The Hall–Kier alpha value is -1.75. The van der Waals surface area contributed by atoms with Crippen molar-refractivity contribution in [2.75, 3.05) is 11.5 Å². The number of alkyl halides is 3. The molecule has 0 aliphatic carbocycles. The number of nitrogen functional groups attached to an aromatic ring is 1. The third kappa shape index (κ3) is 5.18. The van der Waals surface area contributed by atoms with Crippen molar-refractivity contribution >= 4 is 22.8 Å². The van der Waals surface area contributed by atoms with Crippen LogP contribution in [0.15, 0.2) is 6.20 Å². The molecular weight excluding hydrogens is 279 g/mol. The monoisotopic (exact) mass is 289 g/mol. The van der Waals surface area contributed by atoms with Gasteiger partial charge < -0.3 is 5.73 Å². The first-order valence-electron chi connectivity index (χ1n) is 5.12. The number of halogens is 3. The van der Waals surface area contributed by atoms with Crippen LogP contribution in [-0.4, -0.2) is 20.8 Å². The molecule has 0 spiro atoms. The minimum atomic E-state index is -4.63. The highest BCUT2D eigenvalue weighted by Crippen LogP contribution is 2.30. The van der Waals surface area contributed by atoms with Crippen LogP contribution < -0.4 is 5.73 Å². The van der Waals surface area contributed by atoms with Gasteiger partial charge in [-0.25, -0.2) is 9.97 Å². The van der Waals surface area contributed by atoms with Gasteiger partial charge in [-0.1, -0.05) is 23.6 Å². The largest absolute Gasteiger partial charge is 0.434 e. The first kappa shape index (κ1) is 15.3. The van der Waals surface area contributed by atoms with Crippen molar-refractivity contribution in [2.45, 2.75) is 19.5 Å². The highest BCUT2D eigenvalue weighted by atomic mass is 32.2. The number of anilines is 1. The number of nitrogens with two attached hydrogens (primary N) is 1. The average molecular weight is 289 g/mol. The fourth-order valence-electron chi connectivity index (χ4n) is 1.11. The summed E-state index contributed by atoms with van der Waals surface area (Å²) < 4.78 is 37.9. The molecule has 0 saturated carbocycles. The number of hydrogen-bond acceptors (Lipinski definition) is 5. The van der Waals surface area contributed by atoms with Crippen LogP contribution in [0.3, 0.4) is 0 Å². The topological polar surface area (TPSA) is 68.9 Å². The predicted molar refractivity (Wildman–Crippen MR) is 66.1 cm³/mol. The molecule has 0 saturated heterocycles. The smallest absolute Gasteiger partial charge is 0.368 e. The molecule has 0 aromatic carbocycles. The third-order valence-corrected chi connectivity index (χ3v) is 2.65. The minimum absolute atomic E-state index is 0.0615. The second-order valence-electron chi connectivity index (χ2n) is 3.38. The molecule has 4 nitrogen and oxygen atoms in total. The van der Waals surface area contributed by atoms with Crippen LogP contribution in [0, 0.1) is 11.8 Å². The zero-order valence-electron chi connectivity index (χ0n) is 9.91. The van der Waals surface area contributed by atoms with E-state index in [0.717, 1.165) is 18.0 Å². The van der Waals surface area contributed by atoms with Crippen LogP contribution in [-0.2, 0) is 11.0 Å². The van der Waals surface area contributed by atoms with Crippen LogP contribution in [0.5, 0.6) is 0 Å². The first-order valence-corrected chi connectivity index (χ1v) is 6.11. The second kappa shape index (κ2) is 6.43. The number of carbonyl (C=O) groups excluding carboxylic acids is 1. The normalized spacial score (nSPS) is 10.7. The van der Waals surface area contributed by atoms with E-state index in [-0.39, 0.29) is 10.7 Å². The van der Waals surface area contributed by atoms with E-state index >= 15 is 0 Å². The molecule has 1 aromatic heterocycles. The molecule has 1 rings (SSSR count). The van der Waals surface area contributed by atoms with E-state index in [0.29, 0.717) is 12.2 Å². The van der Waals surface area contributed by atoms with E-state index < -0.39 is 17.8 Å². The van der Waals surface area contributed by atoms with Gasteiger partial charge in [0.1, 0.15) is 0 Å². The molecule has 0 bridgehead atoms. The van der Waals surface area contributed by atoms with Crippen molar-refractivity contribution in [1.29, 1.82) is 0 Å². The van der Waals surface area contributed by atoms with Gasteiger partial charge in [0.2, 0.25) is 5.95 Å². The summed E-state index contributed by atoms with van der Waals surface area (Å²) in [5.41, 5.74) is 3.65. The van der Waals surface area contributed by atoms with Gasteiger partial charge in [0.05, 0.1) is 5.56 Å². The Kier molecular flexibility index (Phi) is 5.18. The SMILES string of the molecule is CC(=O)SCCC#Cc1cnc(N)nc1C(F)(F)F. The van der Waals surface area contributed by atoms with Gasteiger partial charge in [-0.3, -0.25) is 4.79 Å². The summed E-state index contributed by atoms with van der Waals surface area (Å²) in [7, 11) is 0. The Morgan fingerprint density at radius 2 is 2.21 bits per heavy atom. The minimum Gasteiger partial charge on any atom is -0.368 e. The molecule has 102 valence electrons. The molecular formula is C11H10F3N3OS. The lowest BCUT2D eigenvalue weighted by Crippen LogP contribution is -2.13. The molecule has 0 fully saturated rings. The van der Waals surface area contributed by atoms with Gasteiger partial charge in [0.25, 0.3) is 0 Å². The fourth-order valence-corrected chi connectivity index (χ4v) is 1.60. The van der Waals surface area contributed by atoms with Crippen LogP contribution in [0.2, 0.25) is 0 Å². The molecule has 0 atom stereocenters. The third-order valence-electron chi connectivity index (χ3n) is 1.83. The highest BCUT2D eigenvalue weighted by Gasteiger charge is 2.35. The van der Waals surface area contributed by atoms with E-state index in [1.165, 1.54) is 6.92 Å². The summed E-state index contributed by atoms with van der Waals surface area (Å²) in [6.45, 7) is 1.41. The first-order chi connectivity index (χ1) is 8.80. The molecule has 0 radical (unpaired) electrons. The van der Waals surface area contributed by atoms with Gasteiger partial charge in [0.15, 0.2) is 10.8 Å². The highest BCUT2D eigenvalue weighted by molar-refractivity contribution is 8.13. The molecule has 0 aliphatic rings. The van der Waals surface area contributed by atoms with Crippen LogP contribution in [0.4, 0.5) is 19.1 Å². The maximum absolute atomic E-state index is 12.6. The van der Waals surface area contributed by atoms with Crippen LogP contribution in [0.25, 0.3) is 0 Å². The number of rotatable bonds is 2. The number of aromatic nitrogens is 2. The Balaban J connectivity index is 2.84. The van der Waals surface area contributed by atoms with Gasteiger partial charge >= 0.3 is 6.18 Å².